The highest BCUT2D eigenvalue weighted by Crippen LogP contribution is 2.17. The van der Waals surface area contributed by atoms with E-state index >= 15 is 0 Å². The van der Waals surface area contributed by atoms with Gasteiger partial charge in [-0.05, 0) is 25.3 Å². The Hall–Kier alpha value is -0.790. The van der Waals surface area contributed by atoms with Crippen LogP contribution >= 0.6 is 0 Å². The van der Waals surface area contributed by atoms with Crippen LogP contribution < -0.4 is 0 Å². The maximum Gasteiger partial charge on any atom is 0.307 e. The highest BCUT2D eigenvalue weighted by Gasteiger charge is 2.04. The van der Waals surface area contributed by atoms with Gasteiger partial charge in [0.05, 0.1) is 0 Å². The zero-order valence-electron chi connectivity index (χ0n) is 6.93. The van der Waals surface area contributed by atoms with Crippen molar-refractivity contribution in [1.29, 1.82) is 0 Å². The maximum absolute atomic E-state index is 10.6. The number of rotatable bonds is 1. The molecule has 0 saturated carbocycles. The number of hydrogen-bond acceptors (Lipinski definition) is 2. The predicted octanol–water partition coefficient (Wildman–Crippen LogP) is 2.40. The van der Waals surface area contributed by atoms with Crippen LogP contribution in [0.3, 0.4) is 0 Å². The van der Waals surface area contributed by atoms with Crippen LogP contribution in [0.4, 0.5) is 0 Å². The lowest BCUT2D eigenvalue weighted by molar-refractivity contribution is -0.137. The summed E-state index contributed by atoms with van der Waals surface area (Å²) in [6, 6.07) is 0. The second kappa shape index (κ2) is 4.16. The fourth-order valence-electron chi connectivity index (χ4n) is 1.26. The summed E-state index contributed by atoms with van der Waals surface area (Å²) in [4.78, 5) is 10.6. The van der Waals surface area contributed by atoms with Gasteiger partial charge >= 0.3 is 5.97 Å². The lowest BCUT2D eigenvalue weighted by atomic mass is 10.2. The first-order valence-corrected chi connectivity index (χ1v) is 4.16. The van der Waals surface area contributed by atoms with Crippen LogP contribution in [0.1, 0.15) is 39.0 Å². The average Bonchev–Trinajstić information content (AvgIpc) is 2.14. The van der Waals surface area contributed by atoms with Crippen molar-refractivity contribution in [2.75, 3.05) is 0 Å². The minimum absolute atomic E-state index is 0.196. The SMILES string of the molecule is CC(=O)OC1=CCCCCC1. The fourth-order valence-corrected chi connectivity index (χ4v) is 1.26. The monoisotopic (exact) mass is 154 g/mol. The van der Waals surface area contributed by atoms with E-state index in [4.69, 9.17) is 4.74 Å². The molecule has 11 heavy (non-hydrogen) atoms. The molecule has 0 aromatic rings. The molecule has 1 aliphatic rings. The number of hydrogen-bond donors (Lipinski definition) is 0. The number of ether oxygens (including phenoxy) is 1. The van der Waals surface area contributed by atoms with Gasteiger partial charge in [-0.15, -0.1) is 0 Å². The summed E-state index contributed by atoms with van der Waals surface area (Å²) in [6.07, 6.45) is 7.65. The van der Waals surface area contributed by atoms with Crippen molar-refractivity contribution in [3.63, 3.8) is 0 Å². The average molecular weight is 154 g/mol. The van der Waals surface area contributed by atoms with Gasteiger partial charge in [-0.1, -0.05) is 6.42 Å². The quantitative estimate of drug-likeness (QED) is 0.542. The van der Waals surface area contributed by atoms with E-state index in [0.717, 1.165) is 25.0 Å². The van der Waals surface area contributed by atoms with Crippen molar-refractivity contribution in [2.45, 2.75) is 39.0 Å². The molecule has 0 spiro atoms. The molecule has 1 aliphatic carbocycles. The Kier molecular flexibility index (Phi) is 3.14. The Morgan fingerprint density at radius 3 is 3.00 bits per heavy atom. The lowest BCUT2D eigenvalue weighted by Gasteiger charge is -2.02. The van der Waals surface area contributed by atoms with Crippen molar-refractivity contribution in [3.8, 4) is 0 Å². The van der Waals surface area contributed by atoms with E-state index in [1.54, 1.807) is 0 Å². The van der Waals surface area contributed by atoms with Gasteiger partial charge in [-0.25, -0.2) is 0 Å². The van der Waals surface area contributed by atoms with Gasteiger partial charge in [-0.2, -0.15) is 0 Å². The molecule has 0 N–H and O–H groups in total. The van der Waals surface area contributed by atoms with E-state index in [9.17, 15) is 4.79 Å². The second-order valence-electron chi connectivity index (χ2n) is 2.86. The van der Waals surface area contributed by atoms with E-state index in [-0.39, 0.29) is 5.97 Å². The molecule has 1 rings (SSSR count). The van der Waals surface area contributed by atoms with Crippen LogP contribution in [0.5, 0.6) is 0 Å². The first kappa shape index (κ1) is 8.31. The van der Waals surface area contributed by atoms with E-state index in [1.165, 1.54) is 19.8 Å². The summed E-state index contributed by atoms with van der Waals surface area (Å²) in [6.45, 7) is 1.45. The lowest BCUT2D eigenvalue weighted by Crippen LogP contribution is -1.97. The molecule has 0 amide bonds. The summed E-state index contributed by atoms with van der Waals surface area (Å²) < 4.78 is 4.99. The molecule has 0 heterocycles. The Balaban J connectivity index is 2.40. The summed E-state index contributed by atoms with van der Waals surface area (Å²) in [5.74, 6) is 0.674. The van der Waals surface area contributed by atoms with Gasteiger partial charge in [0, 0.05) is 13.3 Å². The van der Waals surface area contributed by atoms with Crippen LogP contribution in [0.15, 0.2) is 11.8 Å². The highest BCUT2D eigenvalue weighted by atomic mass is 16.5. The predicted molar refractivity (Wildman–Crippen MR) is 42.9 cm³/mol. The second-order valence-corrected chi connectivity index (χ2v) is 2.86. The largest absolute Gasteiger partial charge is 0.432 e. The third-order valence-corrected chi connectivity index (χ3v) is 1.77. The van der Waals surface area contributed by atoms with Crippen molar-refractivity contribution in [1.82, 2.24) is 0 Å². The first-order chi connectivity index (χ1) is 5.29. The molecular formula is C9H14O2. The normalized spacial score (nSPS) is 18.5. The van der Waals surface area contributed by atoms with Gasteiger partial charge in [-0.3, -0.25) is 4.79 Å². The topological polar surface area (TPSA) is 26.3 Å². The molecule has 2 nitrogen and oxygen atoms in total. The molecule has 62 valence electrons. The van der Waals surface area contributed by atoms with E-state index < -0.39 is 0 Å². The molecule has 0 fully saturated rings. The van der Waals surface area contributed by atoms with Gasteiger partial charge in [0.1, 0.15) is 5.76 Å². The summed E-state index contributed by atoms with van der Waals surface area (Å²) in [5, 5.41) is 0. The number of carbonyl (C=O) groups excluding carboxylic acids is 1. The number of allylic oxidation sites excluding steroid dienone is 2. The Labute approximate surface area is 67.2 Å². The third-order valence-electron chi connectivity index (χ3n) is 1.77. The number of carbonyl (C=O) groups is 1. The molecule has 0 radical (unpaired) electrons. The summed E-state index contributed by atoms with van der Waals surface area (Å²) in [7, 11) is 0. The van der Waals surface area contributed by atoms with E-state index in [1.807, 2.05) is 6.08 Å². The zero-order valence-corrected chi connectivity index (χ0v) is 6.93. The van der Waals surface area contributed by atoms with Crippen LogP contribution in [-0.2, 0) is 9.53 Å². The van der Waals surface area contributed by atoms with E-state index in [0.29, 0.717) is 0 Å². The third kappa shape index (κ3) is 3.21. The smallest absolute Gasteiger partial charge is 0.307 e. The van der Waals surface area contributed by atoms with Crippen LogP contribution in [-0.4, -0.2) is 5.97 Å². The van der Waals surface area contributed by atoms with Crippen molar-refractivity contribution >= 4 is 5.97 Å². The zero-order chi connectivity index (χ0) is 8.10. The van der Waals surface area contributed by atoms with Crippen molar-refractivity contribution in [3.05, 3.63) is 11.8 Å². The molecule has 0 atom stereocenters. The molecule has 0 aliphatic heterocycles. The minimum Gasteiger partial charge on any atom is -0.432 e. The van der Waals surface area contributed by atoms with Crippen LogP contribution in [0.25, 0.3) is 0 Å². The molecule has 0 bridgehead atoms. The Morgan fingerprint density at radius 1 is 1.45 bits per heavy atom. The Bertz CT molecular complexity index is 170. The summed E-state index contributed by atoms with van der Waals surface area (Å²) >= 11 is 0. The van der Waals surface area contributed by atoms with Crippen LogP contribution in [0, 0.1) is 0 Å². The highest BCUT2D eigenvalue weighted by molar-refractivity contribution is 5.67. The standard InChI is InChI=1S/C9H14O2/c1-8(10)11-9-6-4-2-3-5-7-9/h6H,2-5,7H2,1H3. The fraction of sp³-hybridized carbons (Fsp3) is 0.667. The van der Waals surface area contributed by atoms with Crippen LogP contribution in [0.2, 0.25) is 0 Å². The first-order valence-electron chi connectivity index (χ1n) is 4.16. The van der Waals surface area contributed by atoms with Gasteiger partial charge in [0.2, 0.25) is 0 Å². The van der Waals surface area contributed by atoms with Crippen molar-refractivity contribution < 1.29 is 9.53 Å². The molecular weight excluding hydrogens is 140 g/mol. The molecule has 0 unspecified atom stereocenters. The molecule has 0 saturated heterocycles. The molecule has 0 aromatic heterocycles. The minimum atomic E-state index is -0.196. The van der Waals surface area contributed by atoms with Gasteiger partial charge < -0.3 is 4.74 Å². The Morgan fingerprint density at radius 2 is 2.27 bits per heavy atom. The van der Waals surface area contributed by atoms with Gasteiger partial charge in [0.25, 0.3) is 0 Å². The molecule has 0 aromatic carbocycles. The van der Waals surface area contributed by atoms with E-state index in [2.05, 4.69) is 0 Å². The maximum atomic E-state index is 10.6. The van der Waals surface area contributed by atoms with Gasteiger partial charge in [0.15, 0.2) is 0 Å². The summed E-state index contributed by atoms with van der Waals surface area (Å²) in [5.41, 5.74) is 0. The molecule has 2 heteroatoms. The number of esters is 1. The van der Waals surface area contributed by atoms with Crippen molar-refractivity contribution in [2.24, 2.45) is 0 Å².